The fourth-order valence-electron chi connectivity index (χ4n) is 1.43. The SMILES string of the molecule is CC(C)(C)NCc1nnc(OCc2ccc(Cl)cc2)s1. The number of aromatic nitrogens is 2. The Kier molecular flexibility index (Phi) is 4.96. The van der Waals surface area contributed by atoms with Gasteiger partial charge in [0.1, 0.15) is 11.6 Å². The number of benzene rings is 1. The number of rotatable bonds is 5. The average molecular weight is 312 g/mol. The summed E-state index contributed by atoms with van der Waals surface area (Å²) in [4.78, 5) is 0. The molecule has 4 nitrogen and oxygen atoms in total. The van der Waals surface area contributed by atoms with Crippen LogP contribution in [0.15, 0.2) is 24.3 Å². The Hall–Kier alpha value is -1.17. The zero-order valence-electron chi connectivity index (χ0n) is 11.8. The molecule has 0 fully saturated rings. The highest BCUT2D eigenvalue weighted by atomic mass is 35.5. The van der Waals surface area contributed by atoms with Crippen LogP contribution >= 0.6 is 22.9 Å². The summed E-state index contributed by atoms with van der Waals surface area (Å²) < 4.78 is 5.62. The first-order valence-corrected chi connectivity index (χ1v) is 7.56. The van der Waals surface area contributed by atoms with E-state index in [1.807, 2.05) is 24.3 Å². The smallest absolute Gasteiger partial charge is 0.294 e. The van der Waals surface area contributed by atoms with Gasteiger partial charge in [0.25, 0.3) is 5.19 Å². The van der Waals surface area contributed by atoms with Crippen molar-refractivity contribution in [1.29, 1.82) is 0 Å². The summed E-state index contributed by atoms with van der Waals surface area (Å²) in [6.07, 6.45) is 0. The van der Waals surface area contributed by atoms with Gasteiger partial charge in [0.2, 0.25) is 0 Å². The van der Waals surface area contributed by atoms with Crippen LogP contribution in [-0.4, -0.2) is 15.7 Å². The van der Waals surface area contributed by atoms with Crippen LogP contribution in [0.1, 0.15) is 31.3 Å². The lowest BCUT2D eigenvalue weighted by molar-refractivity contribution is 0.302. The molecule has 0 atom stereocenters. The van der Waals surface area contributed by atoms with Gasteiger partial charge in [-0.15, -0.1) is 5.10 Å². The van der Waals surface area contributed by atoms with Crippen LogP contribution in [-0.2, 0) is 13.2 Å². The van der Waals surface area contributed by atoms with Gasteiger partial charge in [-0.3, -0.25) is 0 Å². The number of nitrogens with zero attached hydrogens (tertiary/aromatic N) is 2. The van der Waals surface area contributed by atoms with Gasteiger partial charge in [0.05, 0.1) is 6.54 Å². The Bertz CT molecular complexity index is 548. The van der Waals surface area contributed by atoms with E-state index in [1.54, 1.807) is 0 Å². The van der Waals surface area contributed by atoms with Gasteiger partial charge in [-0.05, 0) is 38.5 Å². The molecule has 0 saturated heterocycles. The molecule has 0 aliphatic heterocycles. The zero-order chi connectivity index (χ0) is 14.6. The Labute approximate surface area is 128 Å². The predicted octanol–water partition coefficient (Wildman–Crippen LogP) is 3.66. The normalized spacial score (nSPS) is 11.6. The molecule has 0 bridgehead atoms. The lowest BCUT2D eigenvalue weighted by Crippen LogP contribution is -2.35. The molecule has 20 heavy (non-hydrogen) atoms. The average Bonchev–Trinajstić information content (AvgIpc) is 2.83. The molecule has 0 aliphatic carbocycles. The Balaban J connectivity index is 1.85. The molecule has 1 heterocycles. The maximum atomic E-state index is 5.84. The van der Waals surface area contributed by atoms with Crippen molar-refractivity contribution < 1.29 is 4.74 Å². The van der Waals surface area contributed by atoms with Crippen LogP contribution in [0, 0.1) is 0 Å². The molecule has 0 radical (unpaired) electrons. The van der Waals surface area contributed by atoms with Crippen molar-refractivity contribution in [1.82, 2.24) is 15.5 Å². The van der Waals surface area contributed by atoms with Gasteiger partial charge in [-0.2, -0.15) is 0 Å². The Morgan fingerprint density at radius 1 is 1.20 bits per heavy atom. The van der Waals surface area contributed by atoms with Crippen LogP contribution in [0.25, 0.3) is 0 Å². The maximum absolute atomic E-state index is 5.84. The van der Waals surface area contributed by atoms with Crippen LogP contribution in [0.5, 0.6) is 5.19 Å². The molecule has 2 aromatic rings. The monoisotopic (exact) mass is 311 g/mol. The molecular formula is C14H18ClN3OS. The second kappa shape index (κ2) is 6.52. The first-order valence-electron chi connectivity index (χ1n) is 6.37. The third kappa shape index (κ3) is 5.07. The van der Waals surface area contributed by atoms with Crippen LogP contribution in [0.3, 0.4) is 0 Å². The van der Waals surface area contributed by atoms with Crippen LogP contribution in [0.2, 0.25) is 5.02 Å². The number of halogens is 1. The van der Waals surface area contributed by atoms with E-state index in [1.165, 1.54) is 11.3 Å². The third-order valence-corrected chi connectivity index (χ3v) is 3.58. The van der Waals surface area contributed by atoms with Gasteiger partial charge >= 0.3 is 0 Å². The van der Waals surface area contributed by atoms with Crippen molar-refractivity contribution in [3.05, 3.63) is 39.9 Å². The standard InChI is InChI=1S/C14H18ClN3OS/c1-14(2,3)16-8-12-17-18-13(20-12)19-9-10-4-6-11(15)7-5-10/h4-7,16H,8-9H2,1-3H3. The van der Waals surface area contributed by atoms with Crippen molar-refractivity contribution in [3.63, 3.8) is 0 Å². The molecule has 0 unspecified atom stereocenters. The Morgan fingerprint density at radius 3 is 2.55 bits per heavy atom. The predicted molar refractivity (Wildman–Crippen MR) is 82.3 cm³/mol. The van der Waals surface area contributed by atoms with Crippen molar-refractivity contribution in [3.8, 4) is 5.19 Å². The summed E-state index contributed by atoms with van der Waals surface area (Å²) in [6, 6.07) is 7.56. The third-order valence-electron chi connectivity index (χ3n) is 2.49. The number of hydrogen-bond donors (Lipinski definition) is 1. The molecule has 2 rings (SSSR count). The van der Waals surface area contributed by atoms with Gasteiger partial charge < -0.3 is 10.1 Å². The van der Waals surface area contributed by atoms with Gasteiger partial charge in [0.15, 0.2) is 0 Å². The minimum atomic E-state index is 0.0655. The first kappa shape index (κ1) is 15.2. The highest BCUT2D eigenvalue weighted by Crippen LogP contribution is 2.20. The van der Waals surface area contributed by atoms with Gasteiger partial charge in [0, 0.05) is 10.6 Å². The van der Waals surface area contributed by atoms with E-state index in [-0.39, 0.29) is 5.54 Å². The van der Waals surface area contributed by atoms with Crippen molar-refractivity contribution in [2.75, 3.05) is 0 Å². The number of nitrogens with one attached hydrogen (secondary N) is 1. The molecule has 1 aromatic carbocycles. The fourth-order valence-corrected chi connectivity index (χ4v) is 2.19. The maximum Gasteiger partial charge on any atom is 0.294 e. The summed E-state index contributed by atoms with van der Waals surface area (Å²) in [5, 5.41) is 13.7. The molecule has 0 spiro atoms. The Morgan fingerprint density at radius 2 is 1.90 bits per heavy atom. The fraction of sp³-hybridized carbons (Fsp3) is 0.429. The molecule has 1 aromatic heterocycles. The topological polar surface area (TPSA) is 47.0 Å². The number of hydrogen-bond acceptors (Lipinski definition) is 5. The van der Waals surface area contributed by atoms with E-state index in [4.69, 9.17) is 16.3 Å². The van der Waals surface area contributed by atoms with Crippen molar-refractivity contribution >= 4 is 22.9 Å². The molecule has 0 amide bonds. The van der Waals surface area contributed by atoms with Gasteiger partial charge in [-0.1, -0.05) is 40.2 Å². The largest absolute Gasteiger partial charge is 0.464 e. The van der Waals surface area contributed by atoms with E-state index >= 15 is 0 Å². The zero-order valence-corrected chi connectivity index (χ0v) is 13.4. The molecule has 0 aliphatic rings. The van der Waals surface area contributed by atoms with E-state index < -0.39 is 0 Å². The number of ether oxygens (including phenoxy) is 1. The molecule has 108 valence electrons. The second-order valence-electron chi connectivity index (χ2n) is 5.48. The molecular weight excluding hydrogens is 294 g/mol. The van der Waals surface area contributed by atoms with Crippen molar-refractivity contribution in [2.24, 2.45) is 0 Å². The van der Waals surface area contributed by atoms with E-state index in [2.05, 4.69) is 36.3 Å². The van der Waals surface area contributed by atoms with E-state index in [9.17, 15) is 0 Å². The quantitative estimate of drug-likeness (QED) is 0.915. The summed E-state index contributed by atoms with van der Waals surface area (Å²) in [5.41, 5.74) is 1.12. The van der Waals surface area contributed by atoms with E-state index in [0.29, 0.717) is 18.3 Å². The lowest BCUT2D eigenvalue weighted by Gasteiger charge is -2.19. The van der Waals surface area contributed by atoms with Crippen molar-refractivity contribution in [2.45, 2.75) is 39.5 Å². The summed E-state index contributed by atoms with van der Waals surface area (Å²) >= 11 is 7.30. The minimum Gasteiger partial charge on any atom is -0.464 e. The molecule has 6 heteroatoms. The second-order valence-corrected chi connectivity index (χ2v) is 6.94. The van der Waals surface area contributed by atoms with E-state index in [0.717, 1.165) is 15.6 Å². The first-order chi connectivity index (χ1) is 9.42. The highest BCUT2D eigenvalue weighted by Gasteiger charge is 2.11. The van der Waals surface area contributed by atoms with Crippen LogP contribution in [0.4, 0.5) is 0 Å². The highest BCUT2D eigenvalue weighted by molar-refractivity contribution is 7.13. The molecule has 0 saturated carbocycles. The summed E-state index contributed by atoms with van der Waals surface area (Å²) in [6.45, 7) is 7.52. The van der Waals surface area contributed by atoms with Crippen LogP contribution < -0.4 is 10.1 Å². The lowest BCUT2D eigenvalue weighted by atomic mass is 10.1. The van der Waals surface area contributed by atoms with Gasteiger partial charge in [-0.25, -0.2) is 0 Å². The summed E-state index contributed by atoms with van der Waals surface area (Å²) in [5.74, 6) is 0. The molecule has 1 N–H and O–H groups in total. The summed E-state index contributed by atoms with van der Waals surface area (Å²) in [7, 11) is 0. The minimum absolute atomic E-state index is 0.0655.